The molecule has 9 nitrogen and oxygen atoms in total. The third-order valence-electron chi connectivity index (χ3n) is 5.70. The number of nitrogens with two attached hydrogens (primary N) is 1. The third kappa shape index (κ3) is 4.12. The smallest absolute Gasteiger partial charge is 0.254 e. The number of primary amides is 1. The van der Waals surface area contributed by atoms with Crippen molar-refractivity contribution in [2.24, 2.45) is 5.73 Å². The molecule has 0 aliphatic carbocycles. The quantitative estimate of drug-likeness (QED) is 0.516. The fraction of sp³-hybridized carbons (Fsp3) is 0.261. The Labute approximate surface area is 190 Å². The summed E-state index contributed by atoms with van der Waals surface area (Å²) >= 11 is 0. The summed E-state index contributed by atoms with van der Waals surface area (Å²) < 4.78 is 19.3. The number of hydrogen-bond donors (Lipinski definition) is 3. The molecular weight excluding hydrogens is 429 g/mol. The standard InChI is InChI=1S/C23H22FN5O4.H2/c1-22(21(25)31)11-33-19-16(22)7-17(29-18(19)13-3-5-15(24)6-4-13)23(2,32)10-28-20(30)14-8-26-12-27-9-14;/h3-9,12,32H,10-11H2,1-2H3,(H2,25,31)(H,28,30);1H/t22-,23-;/m0./s1. The highest BCUT2D eigenvalue weighted by atomic mass is 19.1. The van der Waals surface area contributed by atoms with Crippen LogP contribution < -0.4 is 15.8 Å². The minimum atomic E-state index is -1.63. The van der Waals surface area contributed by atoms with E-state index in [-0.39, 0.29) is 25.8 Å². The number of fused-ring (bicyclic) bond motifs is 1. The Morgan fingerprint density at radius 1 is 1.30 bits per heavy atom. The number of carbonyl (C=O) groups is 2. The highest BCUT2D eigenvalue weighted by Crippen LogP contribution is 2.45. The third-order valence-corrected chi connectivity index (χ3v) is 5.70. The van der Waals surface area contributed by atoms with Crippen LogP contribution in [0.25, 0.3) is 11.3 Å². The number of halogens is 1. The number of nitrogens with zero attached hydrogens (tertiary/aromatic N) is 3. The summed E-state index contributed by atoms with van der Waals surface area (Å²) in [4.78, 5) is 36.8. The Morgan fingerprint density at radius 2 is 1.97 bits per heavy atom. The van der Waals surface area contributed by atoms with Crippen LogP contribution in [0.5, 0.6) is 5.75 Å². The molecule has 0 unspecified atom stereocenters. The highest BCUT2D eigenvalue weighted by molar-refractivity contribution is 5.93. The Bertz CT molecular complexity index is 1220. The molecule has 0 bridgehead atoms. The number of hydrogen-bond acceptors (Lipinski definition) is 7. The van der Waals surface area contributed by atoms with Gasteiger partial charge in [0.1, 0.15) is 41.2 Å². The van der Waals surface area contributed by atoms with E-state index >= 15 is 0 Å². The normalized spacial score (nSPS) is 18.7. The summed E-state index contributed by atoms with van der Waals surface area (Å²) in [5, 5.41) is 13.8. The van der Waals surface area contributed by atoms with Crippen LogP contribution in [-0.2, 0) is 15.8 Å². The molecule has 4 rings (SSSR count). The fourth-order valence-corrected chi connectivity index (χ4v) is 3.53. The van der Waals surface area contributed by atoms with E-state index in [0.717, 1.165) is 0 Å². The number of aromatic nitrogens is 3. The molecule has 1 aliphatic rings. The van der Waals surface area contributed by atoms with E-state index < -0.39 is 28.6 Å². The predicted octanol–water partition coefficient (Wildman–Crippen LogP) is 1.70. The first-order chi connectivity index (χ1) is 15.6. The minimum Gasteiger partial charge on any atom is -0.489 e. The Balaban J connectivity index is 0.00000324. The van der Waals surface area contributed by atoms with Gasteiger partial charge < -0.3 is 20.9 Å². The second-order valence-corrected chi connectivity index (χ2v) is 8.31. The molecule has 0 saturated heterocycles. The van der Waals surface area contributed by atoms with Gasteiger partial charge in [-0.2, -0.15) is 0 Å². The van der Waals surface area contributed by atoms with Crippen molar-refractivity contribution in [1.29, 1.82) is 0 Å². The molecule has 2 aromatic heterocycles. The van der Waals surface area contributed by atoms with Crippen molar-refractivity contribution in [3.63, 3.8) is 0 Å². The van der Waals surface area contributed by atoms with Crippen LogP contribution in [0.4, 0.5) is 4.39 Å². The Morgan fingerprint density at radius 3 is 2.61 bits per heavy atom. The molecule has 1 aliphatic heterocycles. The maximum atomic E-state index is 13.5. The van der Waals surface area contributed by atoms with Gasteiger partial charge in [0.2, 0.25) is 5.91 Å². The molecule has 10 heteroatoms. The van der Waals surface area contributed by atoms with E-state index in [1.807, 2.05) is 0 Å². The predicted molar refractivity (Wildman–Crippen MR) is 118 cm³/mol. The number of rotatable bonds is 6. The number of amides is 2. The lowest BCUT2D eigenvalue weighted by Crippen LogP contribution is -2.41. The number of ether oxygens (including phenoxy) is 1. The summed E-state index contributed by atoms with van der Waals surface area (Å²) in [6.45, 7) is 2.94. The number of nitrogens with one attached hydrogen (secondary N) is 1. The fourth-order valence-electron chi connectivity index (χ4n) is 3.53. The first-order valence-corrected chi connectivity index (χ1v) is 10.1. The largest absolute Gasteiger partial charge is 0.489 e. The van der Waals surface area contributed by atoms with Crippen LogP contribution in [0.15, 0.2) is 49.1 Å². The first kappa shape index (κ1) is 22.3. The molecule has 1 aromatic carbocycles. The van der Waals surface area contributed by atoms with Crippen molar-refractivity contribution in [3.05, 3.63) is 71.7 Å². The van der Waals surface area contributed by atoms with Crippen molar-refractivity contribution >= 4 is 11.8 Å². The van der Waals surface area contributed by atoms with Crippen LogP contribution in [0, 0.1) is 5.82 Å². The molecule has 0 radical (unpaired) electrons. The van der Waals surface area contributed by atoms with Crippen molar-refractivity contribution < 1.29 is 25.2 Å². The molecule has 3 heterocycles. The van der Waals surface area contributed by atoms with Gasteiger partial charge in [0.15, 0.2) is 0 Å². The van der Waals surface area contributed by atoms with E-state index in [9.17, 15) is 19.1 Å². The number of aliphatic hydroxyl groups is 1. The zero-order chi connectivity index (χ0) is 23.8. The second-order valence-electron chi connectivity index (χ2n) is 8.31. The zero-order valence-corrected chi connectivity index (χ0v) is 18.0. The molecule has 172 valence electrons. The van der Waals surface area contributed by atoms with Crippen molar-refractivity contribution in [2.75, 3.05) is 13.2 Å². The van der Waals surface area contributed by atoms with Crippen LogP contribution in [0.1, 0.15) is 36.9 Å². The zero-order valence-electron chi connectivity index (χ0n) is 18.0. The van der Waals surface area contributed by atoms with E-state index in [2.05, 4.69) is 20.3 Å². The van der Waals surface area contributed by atoms with Gasteiger partial charge in [-0.3, -0.25) is 9.59 Å². The van der Waals surface area contributed by atoms with Gasteiger partial charge in [0.05, 0.1) is 17.8 Å². The summed E-state index contributed by atoms with van der Waals surface area (Å²) in [6.07, 6.45) is 4.01. The van der Waals surface area contributed by atoms with Crippen LogP contribution in [-0.4, -0.2) is 45.0 Å². The van der Waals surface area contributed by atoms with E-state index in [4.69, 9.17) is 10.5 Å². The van der Waals surface area contributed by atoms with Crippen molar-refractivity contribution in [1.82, 2.24) is 20.3 Å². The van der Waals surface area contributed by atoms with Gasteiger partial charge in [0.25, 0.3) is 5.91 Å². The topological polar surface area (TPSA) is 140 Å². The van der Waals surface area contributed by atoms with Gasteiger partial charge in [-0.1, -0.05) is 0 Å². The average molecular weight is 453 g/mol. The maximum absolute atomic E-state index is 13.5. The number of pyridine rings is 1. The highest BCUT2D eigenvalue weighted by Gasteiger charge is 2.45. The number of carbonyl (C=O) groups excluding carboxylic acids is 2. The van der Waals surface area contributed by atoms with Crippen LogP contribution in [0.3, 0.4) is 0 Å². The number of benzene rings is 1. The Kier molecular flexibility index (Phi) is 5.54. The molecule has 0 spiro atoms. The molecule has 4 N–H and O–H groups in total. The van der Waals surface area contributed by atoms with Gasteiger partial charge in [-0.05, 0) is 44.2 Å². The van der Waals surface area contributed by atoms with Crippen molar-refractivity contribution in [2.45, 2.75) is 24.9 Å². The van der Waals surface area contributed by atoms with E-state index in [1.54, 1.807) is 13.0 Å². The van der Waals surface area contributed by atoms with Crippen LogP contribution in [0.2, 0.25) is 0 Å². The monoisotopic (exact) mass is 453 g/mol. The maximum Gasteiger partial charge on any atom is 0.254 e. The van der Waals surface area contributed by atoms with Gasteiger partial charge in [-0.25, -0.2) is 19.3 Å². The summed E-state index contributed by atoms with van der Waals surface area (Å²) in [5.41, 5.74) is 4.62. The lowest BCUT2D eigenvalue weighted by molar-refractivity contribution is -0.123. The lowest BCUT2D eigenvalue weighted by atomic mass is 9.82. The first-order valence-electron chi connectivity index (χ1n) is 10.1. The minimum absolute atomic E-state index is 0. The van der Waals surface area contributed by atoms with Crippen molar-refractivity contribution in [3.8, 4) is 17.0 Å². The lowest BCUT2D eigenvalue weighted by Gasteiger charge is -2.26. The summed E-state index contributed by atoms with van der Waals surface area (Å²) in [7, 11) is 0. The Hall–Kier alpha value is -3.92. The molecule has 0 saturated carbocycles. The summed E-state index contributed by atoms with van der Waals surface area (Å²) in [5.74, 6) is -1.15. The molecule has 2 atom stereocenters. The van der Waals surface area contributed by atoms with Crippen LogP contribution >= 0.6 is 0 Å². The molecule has 2 amide bonds. The van der Waals surface area contributed by atoms with Gasteiger partial charge >= 0.3 is 0 Å². The summed E-state index contributed by atoms with van der Waals surface area (Å²) in [6, 6.07) is 7.16. The molecular formula is C23H24FN5O4. The second kappa shape index (κ2) is 8.21. The molecule has 33 heavy (non-hydrogen) atoms. The SMILES string of the molecule is C[C@](O)(CNC(=O)c1cncnc1)c1cc2c(c(-c3ccc(F)cc3)n1)OC[C@]2(C)C(N)=O.[HH]. The molecule has 3 aromatic rings. The molecule has 0 fully saturated rings. The van der Waals surface area contributed by atoms with E-state index in [1.165, 1.54) is 49.9 Å². The average Bonchev–Trinajstić information content (AvgIpc) is 3.16. The van der Waals surface area contributed by atoms with Gasteiger partial charge in [0, 0.05) is 24.9 Å². The van der Waals surface area contributed by atoms with Gasteiger partial charge in [-0.15, -0.1) is 0 Å². The van der Waals surface area contributed by atoms with E-state index in [0.29, 0.717) is 22.6 Å².